The molecule has 0 aliphatic carbocycles. The van der Waals surface area contributed by atoms with Crippen molar-refractivity contribution < 1.29 is 0 Å². The maximum absolute atomic E-state index is 5.04. The molecule has 0 fully saturated rings. The van der Waals surface area contributed by atoms with Gasteiger partial charge >= 0.3 is 0 Å². The SMILES string of the molecule is CCc1csc(Nn2cc[nH]c2=S)n1. The zero-order valence-corrected chi connectivity index (χ0v) is 9.28. The van der Waals surface area contributed by atoms with Crippen LogP contribution in [-0.2, 0) is 6.42 Å². The molecule has 2 heterocycles. The molecule has 4 nitrogen and oxygen atoms in total. The van der Waals surface area contributed by atoms with E-state index in [1.807, 2.05) is 11.6 Å². The second kappa shape index (κ2) is 3.93. The second-order valence-electron chi connectivity index (χ2n) is 2.74. The highest BCUT2D eigenvalue weighted by atomic mass is 32.1. The van der Waals surface area contributed by atoms with Crippen molar-refractivity contribution in [2.75, 3.05) is 5.43 Å². The van der Waals surface area contributed by atoms with Crippen molar-refractivity contribution in [3.8, 4) is 0 Å². The molecule has 0 amide bonds. The first kappa shape index (κ1) is 9.42. The van der Waals surface area contributed by atoms with Crippen LogP contribution in [-0.4, -0.2) is 14.6 Å². The van der Waals surface area contributed by atoms with Crippen LogP contribution in [0.3, 0.4) is 0 Å². The molecular weight excluding hydrogens is 216 g/mol. The second-order valence-corrected chi connectivity index (χ2v) is 3.99. The Hall–Kier alpha value is -1.14. The Bertz CT molecular complexity index is 467. The van der Waals surface area contributed by atoms with Gasteiger partial charge in [-0.25, -0.2) is 9.66 Å². The molecule has 2 aromatic heterocycles. The average Bonchev–Trinajstić information content (AvgIpc) is 2.77. The van der Waals surface area contributed by atoms with Gasteiger partial charge in [0.05, 0.1) is 5.69 Å². The van der Waals surface area contributed by atoms with E-state index in [9.17, 15) is 0 Å². The Morgan fingerprint density at radius 3 is 3.14 bits per heavy atom. The van der Waals surface area contributed by atoms with Gasteiger partial charge in [0.25, 0.3) is 0 Å². The summed E-state index contributed by atoms with van der Waals surface area (Å²) in [6.07, 6.45) is 4.57. The van der Waals surface area contributed by atoms with Crippen molar-refractivity contribution in [2.45, 2.75) is 13.3 Å². The van der Waals surface area contributed by atoms with Gasteiger partial charge in [-0.3, -0.25) is 5.43 Å². The smallest absolute Gasteiger partial charge is 0.202 e. The normalized spacial score (nSPS) is 10.4. The highest BCUT2D eigenvalue weighted by Gasteiger charge is 2.00. The Balaban J connectivity index is 2.19. The van der Waals surface area contributed by atoms with Crippen molar-refractivity contribution in [2.24, 2.45) is 0 Å². The summed E-state index contributed by atoms with van der Waals surface area (Å²) in [7, 11) is 0. The highest BCUT2D eigenvalue weighted by molar-refractivity contribution is 7.71. The summed E-state index contributed by atoms with van der Waals surface area (Å²) in [5.41, 5.74) is 4.19. The number of rotatable bonds is 3. The van der Waals surface area contributed by atoms with Crippen LogP contribution in [0.25, 0.3) is 0 Å². The molecule has 0 atom stereocenters. The third-order valence-electron chi connectivity index (χ3n) is 1.78. The lowest BCUT2D eigenvalue weighted by Gasteiger charge is -2.00. The lowest BCUT2D eigenvalue weighted by molar-refractivity contribution is 0.923. The van der Waals surface area contributed by atoms with Crippen molar-refractivity contribution in [1.82, 2.24) is 14.6 Å². The zero-order valence-electron chi connectivity index (χ0n) is 7.65. The van der Waals surface area contributed by atoms with Gasteiger partial charge in [-0.1, -0.05) is 6.92 Å². The summed E-state index contributed by atoms with van der Waals surface area (Å²) in [5, 5.41) is 2.90. The lowest BCUT2D eigenvalue weighted by atomic mass is 10.4. The van der Waals surface area contributed by atoms with Crippen molar-refractivity contribution in [3.05, 3.63) is 28.2 Å². The molecule has 0 saturated heterocycles. The van der Waals surface area contributed by atoms with E-state index in [0.717, 1.165) is 17.2 Å². The number of H-pyrrole nitrogens is 1. The van der Waals surface area contributed by atoms with E-state index < -0.39 is 0 Å². The largest absolute Gasteiger partial charge is 0.336 e. The molecule has 14 heavy (non-hydrogen) atoms. The Morgan fingerprint density at radius 2 is 2.57 bits per heavy atom. The third kappa shape index (κ3) is 1.85. The average molecular weight is 226 g/mol. The van der Waals surface area contributed by atoms with Gasteiger partial charge in [0.2, 0.25) is 5.13 Å². The van der Waals surface area contributed by atoms with Crippen LogP contribution in [0.15, 0.2) is 17.8 Å². The van der Waals surface area contributed by atoms with Gasteiger partial charge < -0.3 is 4.98 Å². The van der Waals surface area contributed by atoms with E-state index in [1.54, 1.807) is 22.2 Å². The van der Waals surface area contributed by atoms with Crippen molar-refractivity contribution in [1.29, 1.82) is 0 Å². The summed E-state index contributed by atoms with van der Waals surface area (Å²) in [6, 6.07) is 0. The van der Waals surface area contributed by atoms with Crippen LogP contribution in [0.2, 0.25) is 0 Å². The summed E-state index contributed by atoms with van der Waals surface area (Å²) in [4.78, 5) is 7.27. The van der Waals surface area contributed by atoms with Gasteiger partial charge in [-0.2, -0.15) is 0 Å². The molecule has 0 aliphatic rings. The number of imidazole rings is 1. The number of thiazole rings is 1. The Labute approximate surface area is 90.6 Å². The fourth-order valence-corrected chi connectivity index (χ4v) is 1.99. The van der Waals surface area contributed by atoms with Crippen LogP contribution in [0, 0.1) is 4.77 Å². The predicted molar refractivity (Wildman–Crippen MR) is 60.1 cm³/mol. The van der Waals surface area contributed by atoms with Crippen LogP contribution < -0.4 is 5.43 Å². The molecule has 0 radical (unpaired) electrons. The first-order valence-corrected chi connectivity index (χ1v) is 5.56. The molecule has 2 N–H and O–H groups in total. The number of hydrogen-bond donors (Lipinski definition) is 2. The van der Waals surface area contributed by atoms with Crippen molar-refractivity contribution >= 4 is 28.7 Å². The quantitative estimate of drug-likeness (QED) is 0.790. The maximum atomic E-state index is 5.04. The number of nitrogens with zero attached hydrogens (tertiary/aromatic N) is 2. The van der Waals surface area contributed by atoms with Crippen molar-refractivity contribution in [3.63, 3.8) is 0 Å². The number of hydrogen-bond acceptors (Lipinski definition) is 4. The minimum Gasteiger partial charge on any atom is -0.336 e. The first-order chi connectivity index (χ1) is 6.79. The zero-order chi connectivity index (χ0) is 9.97. The van der Waals surface area contributed by atoms with Gasteiger partial charge in [0.1, 0.15) is 0 Å². The van der Waals surface area contributed by atoms with Crippen LogP contribution >= 0.6 is 23.6 Å². The summed E-state index contributed by atoms with van der Waals surface area (Å²) >= 11 is 6.62. The molecule has 2 rings (SSSR count). The number of aromatic nitrogens is 3. The molecule has 0 unspecified atom stereocenters. The Morgan fingerprint density at radius 1 is 1.71 bits per heavy atom. The molecule has 6 heteroatoms. The molecule has 0 saturated carbocycles. The van der Waals surface area contributed by atoms with Gasteiger partial charge in [0, 0.05) is 17.8 Å². The fourth-order valence-electron chi connectivity index (χ4n) is 1.03. The maximum Gasteiger partial charge on any atom is 0.202 e. The van der Waals surface area contributed by atoms with Crippen LogP contribution in [0.1, 0.15) is 12.6 Å². The van der Waals surface area contributed by atoms with Crippen LogP contribution in [0.5, 0.6) is 0 Å². The molecule has 0 bridgehead atoms. The third-order valence-corrected chi connectivity index (χ3v) is 2.89. The molecule has 0 aliphatic heterocycles. The van der Waals surface area contributed by atoms with E-state index in [4.69, 9.17) is 12.2 Å². The number of aryl methyl sites for hydroxylation is 1. The minimum absolute atomic E-state index is 0.637. The summed E-state index contributed by atoms with van der Waals surface area (Å²) in [5.74, 6) is 0. The molecular formula is C8H10N4S2. The minimum atomic E-state index is 0.637. The van der Waals surface area contributed by atoms with Gasteiger partial charge in [0.15, 0.2) is 4.77 Å². The summed E-state index contributed by atoms with van der Waals surface area (Å²) < 4.78 is 2.37. The predicted octanol–water partition coefficient (Wildman–Crippen LogP) is 2.44. The van der Waals surface area contributed by atoms with E-state index in [-0.39, 0.29) is 0 Å². The van der Waals surface area contributed by atoms with E-state index in [2.05, 4.69) is 22.3 Å². The monoisotopic (exact) mass is 226 g/mol. The topological polar surface area (TPSA) is 45.6 Å². The highest BCUT2D eigenvalue weighted by Crippen LogP contribution is 2.15. The number of nitrogens with one attached hydrogen (secondary N) is 2. The number of aromatic amines is 1. The summed E-state index contributed by atoms with van der Waals surface area (Å²) in [6.45, 7) is 2.08. The molecule has 74 valence electrons. The van der Waals surface area contributed by atoms with E-state index in [0.29, 0.717) is 4.77 Å². The standard InChI is InChI=1S/C8H10N4S2/c1-2-6-5-14-7(10-6)11-12-4-3-9-8(12)13/h3-5H,2H2,1H3,(H,9,13)(H,10,11). The first-order valence-electron chi connectivity index (χ1n) is 4.27. The van der Waals surface area contributed by atoms with Crippen LogP contribution in [0.4, 0.5) is 5.13 Å². The lowest BCUT2D eigenvalue weighted by Crippen LogP contribution is -2.07. The van der Waals surface area contributed by atoms with Gasteiger partial charge in [-0.15, -0.1) is 11.3 Å². The Kier molecular flexibility index (Phi) is 2.64. The van der Waals surface area contributed by atoms with E-state index >= 15 is 0 Å². The molecule has 0 aromatic carbocycles. The van der Waals surface area contributed by atoms with E-state index in [1.165, 1.54) is 0 Å². The number of anilines is 1. The molecule has 2 aromatic rings. The van der Waals surface area contributed by atoms with Gasteiger partial charge in [-0.05, 0) is 18.6 Å². The fraction of sp³-hybridized carbons (Fsp3) is 0.250. The molecule has 0 spiro atoms.